The number of hydrogen-bond donors (Lipinski definition) is 0. The van der Waals surface area contributed by atoms with Gasteiger partial charge < -0.3 is 0 Å². The van der Waals surface area contributed by atoms with Gasteiger partial charge in [-0.3, -0.25) is 9.80 Å². The highest BCUT2D eigenvalue weighted by molar-refractivity contribution is 7.81. The molecule has 2 aliphatic heterocycles. The molecule has 4 atom stereocenters. The Morgan fingerprint density at radius 1 is 0.595 bits per heavy atom. The lowest BCUT2D eigenvalue weighted by Crippen LogP contribution is -2.80. The highest BCUT2D eigenvalue weighted by atomic mass is 32.1. The summed E-state index contributed by atoms with van der Waals surface area (Å²) in [7, 11) is 0. The predicted octanol–water partition coefficient (Wildman–Crippen LogP) is 7.32. The van der Waals surface area contributed by atoms with Gasteiger partial charge in [0.05, 0.1) is 11.1 Å². The Morgan fingerprint density at radius 2 is 0.946 bits per heavy atom. The number of fused-ring (bicyclic) bond motifs is 2. The van der Waals surface area contributed by atoms with Gasteiger partial charge >= 0.3 is 0 Å². The molecular formula is C33H42N2S2. The summed E-state index contributed by atoms with van der Waals surface area (Å²) in [5.41, 5.74) is 4.63. The molecule has 2 saturated carbocycles. The van der Waals surface area contributed by atoms with E-state index in [0.717, 1.165) is 26.2 Å². The van der Waals surface area contributed by atoms with Crippen molar-refractivity contribution in [2.45, 2.75) is 82.7 Å². The number of thiocarbonyl (C=S) groups is 2. The predicted molar refractivity (Wildman–Crippen MR) is 163 cm³/mol. The monoisotopic (exact) mass is 530 g/mol. The second kappa shape index (κ2) is 10.3. The van der Waals surface area contributed by atoms with Crippen molar-refractivity contribution in [1.82, 2.24) is 9.80 Å². The van der Waals surface area contributed by atoms with E-state index in [0.29, 0.717) is 11.8 Å². The van der Waals surface area contributed by atoms with Crippen LogP contribution in [-0.2, 0) is 0 Å². The van der Waals surface area contributed by atoms with Gasteiger partial charge in [-0.2, -0.15) is 0 Å². The van der Waals surface area contributed by atoms with Crippen LogP contribution < -0.4 is 0 Å². The van der Waals surface area contributed by atoms with Crippen molar-refractivity contribution in [3.63, 3.8) is 0 Å². The average molecular weight is 531 g/mol. The van der Waals surface area contributed by atoms with Crippen molar-refractivity contribution in [2.75, 3.05) is 26.2 Å². The largest absolute Gasteiger partial charge is 0.291 e. The van der Waals surface area contributed by atoms with Gasteiger partial charge in [-0.25, -0.2) is 0 Å². The first kappa shape index (κ1) is 25.8. The first-order chi connectivity index (χ1) is 18.0. The van der Waals surface area contributed by atoms with Crippen molar-refractivity contribution >= 4 is 34.2 Å². The minimum Gasteiger partial charge on any atom is -0.291 e. The minimum atomic E-state index is -0.222. The first-order valence-electron chi connectivity index (χ1n) is 14.7. The molecule has 2 aliphatic carbocycles. The zero-order valence-corrected chi connectivity index (χ0v) is 24.3. The van der Waals surface area contributed by atoms with Crippen LogP contribution in [0.1, 0.15) is 80.0 Å². The third kappa shape index (κ3) is 3.92. The Kier molecular flexibility index (Phi) is 7.15. The first-order valence-corrected chi connectivity index (χ1v) is 15.5. The van der Waals surface area contributed by atoms with Crippen LogP contribution in [0.15, 0.2) is 48.5 Å². The van der Waals surface area contributed by atoms with E-state index in [2.05, 4.69) is 72.2 Å². The Bertz CT molecular complexity index is 1050. The summed E-state index contributed by atoms with van der Waals surface area (Å²) in [4.78, 5) is 8.08. The minimum absolute atomic E-state index is 0.222. The van der Waals surface area contributed by atoms with E-state index < -0.39 is 0 Å². The summed E-state index contributed by atoms with van der Waals surface area (Å²) >= 11 is 13.5. The highest BCUT2D eigenvalue weighted by Crippen LogP contribution is 2.64. The van der Waals surface area contributed by atoms with Gasteiger partial charge in [0.2, 0.25) is 0 Å². The molecule has 4 unspecified atom stereocenters. The fourth-order valence-electron chi connectivity index (χ4n) is 8.71. The molecule has 0 radical (unpaired) electrons. The number of hydrogen-bond acceptors (Lipinski definition) is 4. The maximum absolute atomic E-state index is 6.76. The lowest BCUT2D eigenvalue weighted by Gasteiger charge is -2.64. The van der Waals surface area contributed by atoms with E-state index in [1.807, 2.05) is 0 Å². The topological polar surface area (TPSA) is 6.48 Å². The van der Waals surface area contributed by atoms with Crippen molar-refractivity contribution in [2.24, 2.45) is 11.8 Å². The molecule has 4 fully saturated rings. The molecule has 37 heavy (non-hydrogen) atoms. The van der Waals surface area contributed by atoms with Crippen LogP contribution in [0.3, 0.4) is 0 Å². The second-order valence-electron chi connectivity index (χ2n) is 12.2. The highest BCUT2D eigenvalue weighted by Gasteiger charge is 2.74. The van der Waals surface area contributed by atoms with E-state index >= 15 is 0 Å². The third-order valence-electron chi connectivity index (χ3n) is 10.2. The van der Waals surface area contributed by atoms with E-state index in [1.54, 1.807) is 0 Å². The molecule has 4 heteroatoms. The quantitative estimate of drug-likeness (QED) is 0.285. The standard InChI is InChI=1S/C33H42N2S2/c1-24-9-13-26(14-10-24)30(36)32(34-19-5-3-6-20-34)28-17-18-29(23-28)33(32,35-21-7-4-8-22-35)31(37)27-15-11-25(2)12-16-27/h9-16,28-29H,3-8,17-23H2,1-2H3. The van der Waals surface area contributed by atoms with Crippen molar-refractivity contribution < 1.29 is 0 Å². The SMILES string of the molecule is Cc1ccc(C(=S)C2(N3CCCCC3)C3CCC(C3)C2(C(=S)c2ccc(C)cc2)N2CCCCC2)cc1. The van der Waals surface area contributed by atoms with E-state index in [9.17, 15) is 0 Å². The molecule has 4 aliphatic rings. The van der Waals surface area contributed by atoms with Crippen molar-refractivity contribution in [3.8, 4) is 0 Å². The van der Waals surface area contributed by atoms with E-state index in [4.69, 9.17) is 24.4 Å². The smallest absolute Gasteiger partial charge is 0.0836 e. The lowest BCUT2D eigenvalue weighted by molar-refractivity contribution is -0.0425. The summed E-state index contributed by atoms with van der Waals surface area (Å²) in [5, 5.41) is 0. The van der Waals surface area contributed by atoms with Crippen LogP contribution in [0, 0.1) is 25.7 Å². The van der Waals surface area contributed by atoms with Gasteiger partial charge in [0, 0.05) is 9.73 Å². The molecule has 0 aromatic heterocycles. The lowest BCUT2D eigenvalue weighted by atomic mass is 9.59. The molecule has 6 rings (SSSR count). The normalized spacial score (nSPS) is 32.5. The van der Waals surface area contributed by atoms with Crippen LogP contribution in [0.5, 0.6) is 0 Å². The van der Waals surface area contributed by atoms with Gasteiger partial charge in [-0.15, -0.1) is 0 Å². The third-order valence-corrected chi connectivity index (χ3v) is 11.3. The maximum atomic E-state index is 6.76. The molecule has 2 heterocycles. The molecular weight excluding hydrogens is 489 g/mol. The Hall–Kier alpha value is -1.46. The number of aryl methyl sites for hydroxylation is 2. The molecule has 2 nitrogen and oxygen atoms in total. The molecule has 2 aromatic rings. The van der Waals surface area contributed by atoms with Gasteiger partial charge in [0.15, 0.2) is 0 Å². The molecule has 0 amide bonds. The molecule has 2 saturated heterocycles. The van der Waals surface area contributed by atoms with Crippen LogP contribution >= 0.6 is 24.4 Å². The molecule has 0 N–H and O–H groups in total. The van der Waals surface area contributed by atoms with Crippen LogP contribution in [-0.4, -0.2) is 56.8 Å². The average Bonchev–Trinajstić information content (AvgIpc) is 3.54. The number of piperidine rings is 2. The van der Waals surface area contributed by atoms with Gasteiger partial charge in [-0.05, 0) is 108 Å². The molecule has 0 spiro atoms. The van der Waals surface area contributed by atoms with Crippen LogP contribution in [0.2, 0.25) is 0 Å². The second-order valence-corrected chi connectivity index (χ2v) is 13.0. The van der Waals surface area contributed by atoms with Gasteiger partial charge in [0.1, 0.15) is 0 Å². The molecule has 196 valence electrons. The van der Waals surface area contributed by atoms with E-state index in [1.165, 1.54) is 89.8 Å². The Labute approximate surface area is 234 Å². The Balaban J connectivity index is 1.61. The van der Waals surface area contributed by atoms with E-state index in [-0.39, 0.29) is 11.1 Å². The summed E-state index contributed by atoms with van der Waals surface area (Å²) < 4.78 is 0. The zero-order valence-electron chi connectivity index (χ0n) is 22.7. The van der Waals surface area contributed by atoms with Crippen LogP contribution in [0.4, 0.5) is 0 Å². The summed E-state index contributed by atoms with van der Waals surface area (Å²) in [6.45, 7) is 8.91. The zero-order chi connectivity index (χ0) is 25.6. The summed E-state index contributed by atoms with van der Waals surface area (Å²) in [5.74, 6) is 1.13. The summed E-state index contributed by atoms with van der Waals surface area (Å²) in [6, 6.07) is 18.2. The van der Waals surface area contributed by atoms with Crippen molar-refractivity contribution in [3.05, 3.63) is 70.8 Å². The number of benzene rings is 2. The van der Waals surface area contributed by atoms with Crippen LogP contribution in [0.25, 0.3) is 0 Å². The van der Waals surface area contributed by atoms with Crippen molar-refractivity contribution in [1.29, 1.82) is 0 Å². The maximum Gasteiger partial charge on any atom is 0.0836 e. The fraction of sp³-hybridized carbons (Fsp3) is 0.576. The Morgan fingerprint density at radius 3 is 1.30 bits per heavy atom. The van der Waals surface area contributed by atoms with Gasteiger partial charge in [0.25, 0.3) is 0 Å². The summed E-state index contributed by atoms with van der Waals surface area (Å²) in [6.07, 6.45) is 11.5. The number of rotatable bonds is 6. The number of likely N-dealkylation sites (tertiary alicyclic amines) is 2. The molecule has 2 aromatic carbocycles. The fourth-order valence-corrected chi connectivity index (χ4v) is 9.88. The van der Waals surface area contributed by atoms with Gasteiger partial charge in [-0.1, -0.05) is 96.9 Å². The number of nitrogens with zero attached hydrogens (tertiary/aromatic N) is 2. The molecule has 2 bridgehead atoms.